The highest BCUT2D eigenvalue weighted by atomic mass is 35.5. The van der Waals surface area contributed by atoms with Gasteiger partial charge in [-0.2, -0.15) is 23.4 Å². The maximum absolute atomic E-state index is 13.0. The minimum absolute atomic E-state index is 0.0435. The minimum atomic E-state index is -4.71. The fraction of sp³-hybridized carbons (Fsp3) is 0.278. The summed E-state index contributed by atoms with van der Waals surface area (Å²) in [5.74, 6) is -0.569. The number of halogens is 6. The third-order valence-corrected chi connectivity index (χ3v) is 5.51. The van der Waals surface area contributed by atoms with E-state index < -0.39 is 28.8 Å². The second kappa shape index (κ2) is 8.49. The monoisotopic (exact) mass is 479 g/mol. The van der Waals surface area contributed by atoms with Crippen LogP contribution in [0.15, 0.2) is 30.6 Å². The number of amides is 1. The molecule has 1 atom stereocenters. The van der Waals surface area contributed by atoms with Crippen LogP contribution in [-0.2, 0) is 17.5 Å². The molecule has 0 saturated carbocycles. The van der Waals surface area contributed by atoms with E-state index in [1.807, 2.05) is 0 Å². The average molecular weight is 481 g/mol. The molecule has 3 aromatic rings. The molecule has 0 radical (unpaired) electrons. The van der Waals surface area contributed by atoms with E-state index in [1.54, 1.807) is 29.1 Å². The number of hydrogen-bond donors (Lipinski definition) is 1. The largest absolute Gasteiger partial charge is 0.436 e. The summed E-state index contributed by atoms with van der Waals surface area (Å²) in [5, 5.41) is 10.5. The zero-order valence-electron chi connectivity index (χ0n) is 15.6. The Balaban J connectivity index is 1.71. The molecule has 2 aromatic heterocycles. The van der Waals surface area contributed by atoms with Gasteiger partial charge in [-0.05, 0) is 31.5 Å². The first kappa shape index (κ1) is 22.5. The van der Waals surface area contributed by atoms with Crippen molar-refractivity contribution in [3.63, 3.8) is 0 Å². The molecule has 6 nitrogen and oxygen atoms in total. The van der Waals surface area contributed by atoms with Gasteiger partial charge in [-0.15, -0.1) is 0 Å². The van der Waals surface area contributed by atoms with Crippen LogP contribution in [0.5, 0.6) is 0 Å². The van der Waals surface area contributed by atoms with Gasteiger partial charge in [-0.1, -0.05) is 40.9 Å². The molecular formula is C18H15Cl3F3N5O. The molecule has 1 amide bonds. The molecule has 0 bridgehead atoms. The Morgan fingerprint density at radius 3 is 2.53 bits per heavy atom. The van der Waals surface area contributed by atoms with E-state index >= 15 is 0 Å². The number of carbonyl (C=O) groups excluding carboxylic acids is 1. The number of aromatic nitrogens is 4. The lowest BCUT2D eigenvalue weighted by molar-refractivity contribution is -0.141. The van der Waals surface area contributed by atoms with Crippen LogP contribution < -0.4 is 5.32 Å². The van der Waals surface area contributed by atoms with E-state index in [-0.39, 0.29) is 5.69 Å². The van der Waals surface area contributed by atoms with E-state index in [4.69, 9.17) is 34.8 Å². The van der Waals surface area contributed by atoms with Crippen molar-refractivity contribution in [3.8, 4) is 0 Å². The molecule has 1 aromatic carbocycles. The third-order valence-electron chi connectivity index (χ3n) is 4.32. The smallest absolute Gasteiger partial charge is 0.322 e. The van der Waals surface area contributed by atoms with Crippen molar-refractivity contribution in [1.82, 2.24) is 19.6 Å². The molecule has 0 aliphatic rings. The molecular weight excluding hydrogens is 466 g/mol. The topological polar surface area (TPSA) is 64.7 Å². The average Bonchev–Trinajstić information content (AvgIpc) is 3.22. The molecule has 160 valence electrons. The summed E-state index contributed by atoms with van der Waals surface area (Å²) in [6.07, 6.45) is -1.71. The molecule has 1 unspecified atom stereocenters. The summed E-state index contributed by atoms with van der Waals surface area (Å²) in [5.41, 5.74) is 0.0387. The van der Waals surface area contributed by atoms with E-state index in [1.165, 1.54) is 20.0 Å². The minimum Gasteiger partial charge on any atom is -0.322 e. The van der Waals surface area contributed by atoms with Crippen molar-refractivity contribution >= 4 is 46.4 Å². The predicted molar refractivity (Wildman–Crippen MR) is 108 cm³/mol. The molecule has 3 rings (SSSR count). The summed E-state index contributed by atoms with van der Waals surface area (Å²) in [6, 6.07) is 4.13. The Morgan fingerprint density at radius 1 is 1.23 bits per heavy atom. The molecule has 0 aliphatic carbocycles. The van der Waals surface area contributed by atoms with E-state index in [2.05, 4.69) is 15.5 Å². The maximum atomic E-state index is 13.0. The summed E-state index contributed by atoms with van der Waals surface area (Å²) < 4.78 is 41.5. The van der Waals surface area contributed by atoms with Crippen LogP contribution in [0.4, 0.5) is 18.9 Å². The number of benzene rings is 1. The summed E-state index contributed by atoms with van der Waals surface area (Å²) >= 11 is 17.6. The first-order valence-electron chi connectivity index (χ1n) is 8.56. The van der Waals surface area contributed by atoms with E-state index in [0.717, 1.165) is 10.2 Å². The maximum Gasteiger partial charge on any atom is 0.436 e. The van der Waals surface area contributed by atoms with Crippen LogP contribution in [-0.4, -0.2) is 25.5 Å². The Kier molecular flexibility index (Phi) is 6.35. The van der Waals surface area contributed by atoms with Crippen LogP contribution in [0, 0.1) is 6.92 Å². The van der Waals surface area contributed by atoms with Crippen LogP contribution >= 0.6 is 34.8 Å². The van der Waals surface area contributed by atoms with Crippen LogP contribution in [0.1, 0.15) is 29.9 Å². The first-order chi connectivity index (χ1) is 14.0. The van der Waals surface area contributed by atoms with Crippen LogP contribution in [0.2, 0.25) is 15.1 Å². The highest BCUT2D eigenvalue weighted by molar-refractivity contribution is 6.42. The van der Waals surface area contributed by atoms with Crippen molar-refractivity contribution in [2.75, 3.05) is 5.32 Å². The number of carbonyl (C=O) groups is 1. The van der Waals surface area contributed by atoms with Gasteiger partial charge in [-0.3, -0.25) is 14.2 Å². The van der Waals surface area contributed by atoms with Crippen molar-refractivity contribution in [1.29, 1.82) is 0 Å². The second-order valence-corrected chi connectivity index (χ2v) is 7.72. The quantitative estimate of drug-likeness (QED) is 0.516. The zero-order valence-corrected chi connectivity index (χ0v) is 17.9. The van der Waals surface area contributed by atoms with Gasteiger partial charge in [0.15, 0.2) is 5.69 Å². The fourth-order valence-electron chi connectivity index (χ4n) is 2.75. The lowest BCUT2D eigenvalue weighted by Crippen LogP contribution is -2.25. The van der Waals surface area contributed by atoms with Gasteiger partial charge in [0.1, 0.15) is 6.04 Å². The Bertz CT molecular complexity index is 1090. The molecule has 0 aliphatic heterocycles. The molecule has 1 N–H and O–H groups in total. The molecule has 12 heteroatoms. The number of nitrogens with zero attached hydrogens (tertiary/aromatic N) is 4. The van der Waals surface area contributed by atoms with E-state index in [0.29, 0.717) is 22.3 Å². The fourth-order valence-corrected chi connectivity index (χ4v) is 3.31. The van der Waals surface area contributed by atoms with Gasteiger partial charge in [0.05, 0.1) is 39.2 Å². The number of nitrogens with one attached hydrogen (secondary N) is 1. The van der Waals surface area contributed by atoms with Crippen molar-refractivity contribution in [3.05, 3.63) is 62.6 Å². The number of alkyl halides is 3. The summed E-state index contributed by atoms with van der Waals surface area (Å²) in [4.78, 5) is 12.5. The Hall–Kier alpha value is -2.23. The highest BCUT2D eigenvalue weighted by Crippen LogP contribution is 2.36. The van der Waals surface area contributed by atoms with Crippen LogP contribution in [0.3, 0.4) is 0 Å². The molecule has 30 heavy (non-hydrogen) atoms. The lowest BCUT2D eigenvalue weighted by Gasteiger charge is -2.13. The number of rotatable bonds is 5. The normalized spacial score (nSPS) is 12.8. The molecule has 0 saturated heterocycles. The van der Waals surface area contributed by atoms with Gasteiger partial charge < -0.3 is 5.32 Å². The van der Waals surface area contributed by atoms with Gasteiger partial charge in [-0.25, -0.2) is 0 Å². The van der Waals surface area contributed by atoms with Gasteiger partial charge in [0, 0.05) is 6.20 Å². The Labute approximate surface area is 184 Å². The van der Waals surface area contributed by atoms with Crippen molar-refractivity contribution in [2.24, 2.45) is 0 Å². The standard InChI is InChI=1S/C18H15Cl3F3N5O/c1-9-15(21)16(18(22,23)24)27-29(9)10(2)17(30)26-12-6-25-28(8-12)7-11-3-4-13(19)14(20)5-11/h3-6,8,10H,7H2,1-2H3,(H,26,30). The number of hydrogen-bond acceptors (Lipinski definition) is 3. The van der Waals surface area contributed by atoms with Gasteiger partial charge in [0.25, 0.3) is 0 Å². The van der Waals surface area contributed by atoms with E-state index in [9.17, 15) is 18.0 Å². The molecule has 0 spiro atoms. The molecule has 2 heterocycles. The highest BCUT2D eigenvalue weighted by Gasteiger charge is 2.39. The third kappa shape index (κ3) is 4.74. The number of anilines is 1. The summed E-state index contributed by atoms with van der Waals surface area (Å²) in [7, 11) is 0. The zero-order chi connectivity index (χ0) is 22.2. The van der Waals surface area contributed by atoms with Gasteiger partial charge >= 0.3 is 6.18 Å². The SMILES string of the molecule is Cc1c(Cl)c(C(F)(F)F)nn1C(C)C(=O)Nc1cnn(Cc2ccc(Cl)c(Cl)c2)c1. The first-order valence-corrected chi connectivity index (χ1v) is 9.69. The van der Waals surface area contributed by atoms with Crippen LogP contribution in [0.25, 0.3) is 0 Å². The lowest BCUT2D eigenvalue weighted by atomic mass is 10.2. The van der Waals surface area contributed by atoms with Crippen molar-refractivity contribution in [2.45, 2.75) is 32.6 Å². The van der Waals surface area contributed by atoms with Gasteiger partial charge in [0.2, 0.25) is 5.91 Å². The predicted octanol–water partition coefficient (Wildman–Crippen LogP) is 5.62. The molecule has 0 fully saturated rings. The summed E-state index contributed by atoms with van der Waals surface area (Å²) in [6.45, 7) is 3.17. The second-order valence-electron chi connectivity index (χ2n) is 6.53. The van der Waals surface area contributed by atoms with Crippen molar-refractivity contribution < 1.29 is 18.0 Å². The Morgan fingerprint density at radius 2 is 1.93 bits per heavy atom.